The van der Waals surface area contributed by atoms with E-state index in [4.69, 9.17) is 16.6 Å². The number of nitriles is 1. The van der Waals surface area contributed by atoms with Crippen molar-refractivity contribution in [2.45, 2.75) is 25.9 Å². The van der Waals surface area contributed by atoms with Crippen LogP contribution < -0.4 is 10.2 Å². The fourth-order valence-corrected chi connectivity index (χ4v) is 3.79. The molecule has 1 saturated heterocycles. The number of rotatable bonds is 8. The summed E-state index contributed by atoms with van der Waals surface area (Å²) >= 11 is 0. The maximum Gasteiger partial charge on any atom is 0.225 e. The molecule has 1 atom stereocenters. The fourth-order valence-electron chi connectivity index (χ4n) is 3.79. The quantitative estimate of drug-likeness (QED) is 0.307. The first-order valence-corrected chi connectivity index (χ1v) is 11.1. The van der Waals surface area contributed by atoms with Crippen molar-refractivity contribution in [1.82, 2.24) is 15.2 Å². The number of amides is 1. The zero-order valence-electron chi connectivity index (χ0n) is 19.1. The first-order valence-electron chi connectivity index (χ1n) is 11.1. The van der Waals surface area contributed by atoms with E-state index in [1.165, 1.54) is 0 Å². The number of aliphatic hydroxyl groups is 1. The first kappa shape index (κ1) is 24.6. The molecule has 3 heterocycles. The summed E-state index contributed by atoms with van der Waals surface area (Å²) in [6.07, 6.45) is 10.8. The Morgan fingerprint density at radius 1 is 1.41 bits per heavy atom. The number of aromatic nitrogens is 1. The van der Waals surface area contributed by atoms with Gasteiger partial charge in [0.2, 0.25) is 5.91 Å². The molecule has 9 nitrogen and oxygen atoms in total. The number of hydrogen-bond donors (Lipinski definition) is 3. The lowest BCUT2D eigenvalue weighted by atomic mass is 9.98. The molecule has 176 valence electrons. The van der Waals surface area contributed by atoms with Crippen molar-refractivity contribution < 1.29 is 14.6 Å². The highest BCUT2D eigenvalue weighted by molar-refractivity contribution is 5.92. The molecule has 3 N–H and O–H groups in total. The Labute approximate surface area is 199 Å². The Morgan fingerprint density at radius 3 is 2.76 bits per heavy atom. The topological polar surface area (TPSA) is 126 Å². The molecule has 0 aliphatic carbocycles. The molecule has 2 aliphatic rings. The monoisotopic (exact) mass is 460 g/mol. The molecule has 1 aromatic heterocycles. The van der Waals surface area contributed by atoms with Crippen LogP contribution in [0, 0.1) is 29.1 Å². The number of allylic oxidation sites excluding steroid dienone is 3. The van der Waals surface area contributed by atoms with E-state index in [2.05, 4.69) is 21.1 Å². The highest BCUT2D eigenvalue weighted by Crippen LogP contribution is 2.29. The first-order chi connectivity index (χ1) is 16.5. The number of carbonyl (C=O) groups is 1. The summed E-state index contributed by atoms with van der Waals surface area (Å²) < 4.78 is 5.59. The van der Waals surface area contributed by atoms with Gasteiger partial charge >= 0.3 is 0 Å². The summed E-state index contributed by atoms with van der Waals surface area (Å²) in [5.41, 5.74) is 2.22. The summed E-state index contributed by atoms with van der Waals surface area (Å²) in [4.78, 5) is 20.8. The van der Waals surface area contributed by atoms with Crippen LogP contribution >= 0.6 is 0 Å². The summed E-state index contributed by atoms with van der Waals surface area (Å²) in [7, 11) is 0. The Kier molecular flexibility index (Phi) is 8.44. The number of pyridine rings is 1. The molecule has 0 saturated carbocycles. The number of aliphatic hydroxyl groups excluding tert-OH is 1. The van der Waals surface area contributed by atoms with E-state index >= 15 is 0 Å². The maximum atomic E-state index is 12.3. The van der Waals surface area contributed by atoms with Crippen LogP contribution in [0.5, 0.6) is 0 Å². The van der Waals surface area contributed by atoms with Crippen LogP contribution in [0.1, 0.15) is 25.3 Å². The highest BCUT2D eigenvalue weighted by atomic mass is 16.5. The van der Waals surface area contributed by atoms with Crippen molar-refractivity contribution in [3.8, 4) is 18.4 Å². The summed E-state index contributed by atoms with van der Waals surface area (Å²) in [5, 5.41) is 29.8. The van der Waals surface area contributed by atoms with Crippen LogP contribution in [0.15, 0.2) is 47.6 Å². The van der Waals surface area contributed by atoms with Crippen LogP contribution in [-0.4, -0.2) is 66.0 Å². The molecule has 0 radical (unpaired) electrons. The second-order valence-electron chi connectivity index (χ2n) is 7.77. The van der Waals surface area contributed by atoms with Crippen molar-refractivity contribution >= 4 is 23.5 Å². The Morgan fingerprint density at radius 2 is 2.18 bits per heavy atom. The normalized spacial score (nSPS) is 17.9. The number of ether oxygens (including phenoxy) is 1. The van der Waals surface area contributed by atoms with Crippen molar-refractivity contribution in [1.29, 1.82) is 10.7 Å². The van der Waals surface area contributed by atoms with Crippen LogP contribution in [0.2, 0.25) is 0 Å². The van der Waals surface area contributed by atoms with Gasteiger partial charge in [-0.2, -0.15) is 5.26 Å². The van der Waals surface area contributed by atoms with E-state index < -0.39 is 6.10 Å². The number of anilines is 1. The van der Waals surface area contributed by atoms with Gasteiger partial charge in [0.15, 0.2) is 0 Å². The van der Waals surface area contributed by atoms with Gasteiger partial charge in [-0.05, 0) is 25.1 Å². The minimum atomic E-state index is -0.806. The lowest BCUT2D eigenvalue weighted by Gasteiger charge is -2.35. The maximum absolute atomic E-state index is 12.3. The van der Waals surface area contributed by atoms with Crippen LogP contribution in [0.4, 0.5) is 5.82 Å². The Hall–Kier alpha value is -4.08. The molecule has 0 bridgehead atoms. The molecule has 1 fully saturated rings. The van der Waals surface area contributed by atoms with Crippen LogP contribution in [0.3, 0.4) is 0 Å². The molecule has 0 aromatic carbocycles. The minimum absolute atomic E-state index is 0.0365. The predicted octanol–water partition coefficient (Wildman–Crippen LogP) is 1.80. The predicted molar refractivity (Wildman–Crippen MR) is 129 cm³/mol. The average Bonchev–Trinajstić information content (AvgIpc) is 2.86. The van der Waals surface area contributed by atoms with Gasteiger partial charge in [-0.15, -0.1) is 12.3 Å². The third-order valence-electron chi connectivity index (χ3n) is 5.54. The average molecular weight is 461 g/mol. The summed E-state index contributed by atoms with van der Waals surface area (Å²) in [6.45, 7) is 4.73. The van der Waals surface area contributed by atoms with Gasteiger partial charge in [0.1, 0.15) is 17.6 Å². The molecule has 3 rings (SSSR count). The van der Waals surface area contributed by atoms with Crippen molar-refractivity contribution in [2.75, 3.05) is 37.7 Å². The van der Waals surface area contributed by atoms with Crippen molar-refractivity contribution in [3.05, 3.63) is 53.2 Å². The van der Waals surface area contributed by atoms with Crippen LogP contribution in [0.25, 0.3) is 5.57 Å². The fraction of sp³-hybridized carbons (Fsp3) is 0.360. The summed E-state index contributed by atoms with van der Waals surface area (Å²) in [6, 6.07) is 5.85. The number of nitrogens with one attached hydrogen (secondary N) is 2. The van der Waals surface area contributed by atoms with E-state index in [-0.39, 0.29) is 24.3 Å². The third kappa shape index (κ3) is 5.83. The van der Waals surface area contributed by atoms with Gasteiger partial charge in [-0.25, -0.2) is 4.98 Å². The SMILES string of the molecule is C#CCC(O)CC(=O)N1CCN(c2ccc(C3=CC(OCC)=CN/C3=C(/C#N)C=N)cn2)CC1. The summed E-state index contributed by atoms with van der Waals surface area (Å²) in [5.74, 6) is 3.68. The minimum Gasteiger partial charge on any atom is -0.492 e. The standard InChI is InChI=1S/C25H28N6O3/c1-3-5-20(32)12-24(33)31-10-8-30(9-11-31)23-7-6-18(16-28-23)22-13-21(34-4-2)17-29-25(22)19(14-26)15-27/h1,6-7,13-14,16-17,20,26,29,32H,4-5,8-12H2,2H3/b25-19+,26-14?. The van der Waals surface area contributed by atoms with Gasteiger partial charge in [0, 0.05) is 62.3 Å². The lowest BCUT2D eigenvalue weighted by molar-refractivity contribution is -0.133. The van der Waals surface area contributed by atoms with Crippen molar-refractivity contribution in [3.63, 3.8) is 0 Å². The molecule has 34 heavy (non-hydrogen) atoms. The number of dihydropyridines is 1. The molecule has 1 unspecified atom stereocenters. The van der Waals surface area contributed by atoms with Gasteiger partial charge in [-0.1, -0.05) is 0 Å². The number of carbonyl (C=O) groups excluding carboxylic acids is 1. The third-order valence-corrected chi connectivity index (χ3v) is 5.54. The molecule has 0 spiro atoms. The Balaban J connectivity index is 1.71. The van der Waals surface area contributed by atoms with Gasteiger partial charge in [0.25, 0.3) is 0 Å². The van der Waals surface area contributed by atoms with E-state index in [0.717, 1.165) is 17.6 Å². The number of nitrogens with zero attached hydrogens (tertiary/aromatic N) is 4. The molecule has 1 amide bonds. The molecular weight excluding hydrogens is 432 g/mol. The molecule has 9 heteroatoms. The molecule has 2 aliphatic heterocycles. The molecule has 1 aromatic rings. The second-order valence-corrected chi connectivity index (χ2v) is 7.77. The number of piperazine rings is 1. The van der Waals surface area contributed by atoms with Gasteiger partial charge in [0.05, 0.1) is 30.4 Å². The lowest BCUT2D eigenvalue weighted by Crippen LogP contribution is -2.49. The van der Waals surface area contributed by atoms with Gasteiger partial charge < -0.3 is 30.4 Å². The van der Waals surface area contributed by atoms with Crippen molar-refractivity contribution in [2.24, 2.45) is 0 Å². The van der Waals surface area contributed by atoms with Crippen LogP contribution in [-0.2, 0) is 9.53 Å². The van der Waals surface area contributed by atoms with E-state index in [1.807, 2.05) is 31.2 Å². The highest BCUT2D eigenvalue weighted by Gasteiger charge is 2.24. The zero-order valence-corrected chi connectivity index (χ0v) is 19.1. The zero-order chi connectivity index (χ0) is 24.5. The second kappa shape index (κ2) is 11.7. The van der Waals surface area contributed by atoms with Gasteiger partial charge in [-0.3, -0.25) is 4.79 Å². The Bertz CT molecular complexity index is 1080. The number of terminal acetylenes is 1. The largest absolute Gasteiger partial charge is 0.492 e. The molecular formula is C25H28N6O3. The van der Waals surface area contributed by atoms with E-state index in [1.54, 1.807) is 17.3 Å². The number of hydrogen-bond acceptors (Lipinski definition) is 8. The smallest absolute Gasteiger partial charge is 0.225 e. The van der Waals surface area contributed by atoms with E-state index in [0.29, 0.717) is 49.8 Å². The van der Waals surface area contributed by atoms with E-state index in [9.17, 15) is 15.2 Å².